The van der Waals surface area contributed by atoms with Crippen molar-refractivity contribution in [3.8, 4) is 17.2 Å². The topological polar surface area (TPSA) is 56.8 Å². The highest BCUT2D eigenvalue weighted by Crippen LogP contribution is 2.34. The molecule has 0 saturated carbocycles. The van der Waals surface area contributed by atoms with E-state index in [-0.39, 0.29) is 11.3 Å². The molecule has 0 spiro atoms. The van der Waals surface area contributed by atoms with Gasteiger partial charge < -0.3 is 19.5 Å². The molecule has 0 heterocycles. The number of nitrogens with one attached hydrogen (secondary N) is 1. The average Bonchev–Trinajstić information content (AvgIpc) is 2.64. The molecule has 0 unspecified atom stereocenters. The first-order chi connectivity index (χ1) is 12.3. The van der Waals surface area contributed by atoms with E-state index in [9.17, 15) is 4.79 Å². The first-order valence-electron chi connectivity index (χ1n) is 8.16. The summed E-state index contributed by atoms with van der Waals surface area (Å²) in [5.41, 5.74) is 1.14. The molecule has 1 N–H and O–H groups in total. The highest BCUT2D eigenvalue weighted by Gasteiger charge is 2.24. The zero-order chi connectivity index (χ0) is 19.3. The van der Waals surface area contributed by atoms with E-state index in [1.807, 2.05) is 38.1 Å². The maximum absolute atomic E-state index is 12.7. The Morgan fingerprint density at radius 3 is 2.19 bits per heavy atom. The SMILES string of the molecule is COc1cc(OC)c(C(=O)NCC(C)(C)c2cccc(Cl)c2)cc1OC. The number of carbonyl (C=O) groups excluding carboxylic acids is 1. The third-order valence-electron chi connectivity index (χ3n) is 4.25. The van der Waals surface area contributed by atoms with Gasteiger partial charge >= 0.3 is 0 Å². The van der Waals surface area contributed by atoms with Gasteiger partial charge in [0, 0.05) is 29.1 Å². The Morgan fingerprint density at radius 2 is 1.62 bits per heavy atom. The summed E-state index contributed by atoms with van der Waals surface area (Å²) in [4.78, 5) is 12.7. The van der Waals surface area contributed by atoms with Crippen molar-refractivity contribution >= 4 is 17.5 Å². The lowest BCUT2D eigenvalue weighted by atomic mass is 9.84. The number of carbonyl (C=O) groups is 1. The quantitative estimate of drug-likeness (QED) is 0.790. The Balaban J connectivity index is 2.22. The average molecular weight is 378 g/mol. The fourth-order valence-electron chi connectivity index (χ4n) is 2.61. The van der Waals surface area contributed by atoms with Crippen LogP contribution in [0.15, 0.2) is 36.4 Å². The van der Waals surface area contributed by atoms with E-state index in [0.717, 1.165) is 5.56 Å². The van der Waals surface area contributed by atoms with Gasteiger partial charge in [-0.1, -0.05) is 37.6 Å². The van der Waals surface area contributed by atoms with Crippen LogP contribution in [0, 0.1) is 0 Å². The molecule has 2 aromatic rings. The molecule has 0 bridgehead atoms. The predicted octanol–water partition coefficient (Wildman–Crippen LogP) is 4.07. The number of amides is 1. The summed E-state index contributed by atoms with van der Waals surface area (Å²) >= 11 is 6.08. The number of halogens is 1. The number of rotatable bonds is 7. The van der Waals surface area contributed by atoms with Gasteiger partial charge in [-0.2, -0.15) is 0 Å². The largest absolute Gasteiger partial charge is 0.496 e. The second-order valence-corrected chi connectivity index (χ2v) is 6.92. The second kappa shape index (κ2) is 8.32. The summed E-state index contributed by atoms with van der Waals surface area (Å²) in [5, 5.41) is 3.63. The molecule has 0 fully saturated rings. The van der Waals surface area contributed by atoms with Gasteiger partial charge in [0.25, 0.3) is 5.91 Å². The summed E-state index contributed by atoms with van der Waals surface area (Å²) in [6.07, 6.45) is 0. The maximum atomic E-state index is 12.7. The van der Waals surface area contributed by atoms with E-state index in [4.69, 9.17) is 25.8 Å². The number of hydrogen-bond acceptors (Lipinski definition) is 4. The first-order valence-corrected chi connectivity index (χ1v) is 8.54. The minimum atomic E-state index is -0.287. The molecule has 6 heteroatoms. The Labute approximate surface area is 159 Å². The molecule has 0 atom stereocenters. The van der Waals surface area contributed by atoms with Crippen LogP contribution in [0.1, 0.15) is 29.8 Å². The van der Waals surface area contributed by atoms with Crippen molar-refractivity contribution in [1.82, 2.24) is 5.32 Å². The number of benzene rings is 2. The van der Waals surface area contributed by atoms with Gasteiger partial charge in [-0.15, -0.1) is 0 Å². The van der Waals surface area contributed by atoms with Gasteiger partial charge in [-0.25, -0.2) is 0 Å². The van der Waals surface area contributed by atoms with Crippen molar-refractivity contribution in [1.29, 1.82) is 0 Å². The molecule has 0 aromatic heterocycles. The highest BCUT2D eigenvalue weighted by atomic mass is 35.5. The number of ether oxygens (including phenoxy) is 3. The summed E-state index contributed by atoms with van der Waals surface area (Å²) in [7, 11) is 4.56. The van der Waals surface area contributed by atoms with Crippen molar-refractivity contribution in [2.75, 3.05) is 27.9 Å². The van der Waals surface area contributed by atoms with Gasteiger partial charge in [-0.05, 0) is 17.7 Å². The van der Waals surface area contributed by atoms with E-state index in [1.54, 1.807) is 12.1 Å². The van der Waals surface area contributed by atoms with E-state index >= 15 is 0 Å². The fraction of sp³-hybridized carbons (Fsp3) is 0.350. The van der Waals surface area contributed by atoms with Crippen LogP contribution in [0.2, 0.25) is 5.02 Å². The monoisotopic (exact) mass is 377 g/mol. The van der Waals surface area contributed by atoms with E-state index in [2.05, 4.69) is 5.32 Å². The zero-order valence-corrected chi connectivity index (χ0v) is 16.4. The minimum Gasteiger partial charge on any atom is -0.496 e. The van der Waals surface area contributed by atoms with Gasteiger partial charge in [0.15, 0.2) is 11.5 Å². The normalized spacial score (nSPS) is 11.0. The Kier molecular flexibility index (Phi) is 6.37. The van der Waals surface area contributed by atoms with Crippen LogP contribution in [0.5, 0.6) is 17.2 Å². The first kappa shape index (κ1) is 19.9. The summed E-state index contributed by atoms with van der Waals surface area (Å²) in [5.74, 6) is 1.13. The number of methoxy groups -OCH3 is 3. The third kappa shape index (κ3) is 4.41. The third-order valence-corrected chi connectivity index (χ3v) is 4.48. The van der Waals surface area contributed by atoms with Crippen LogP contribution in [0.4, 0.5) is 0 Å². The molecule has 140 valence electrons. The van der Waals surface area contributed by atoms with Gasteiger partial charge in [0.2, 0.25) is 0 Å². The predicted molar refractivity (Wildman–Crippen MR) is 103 cm³/mol. The zero-order valence-electron chi connectivity index (χ0n) is 15.7. The van der Waals surface area contributed by atoms with Crippen molar-refractivity contribution in [2.24, 2.45) is 0 Å². The van der Waals surface area contributed by atoms with Crippen LogP contribution >= 0.6 is 11.6 Å². The summed E-state index contributed by atoms with van der Waals surface area (Å²) in [6.45, 7) is 4.53. The molecule has 0 radical (unpaired) electrons. The minimum absolute atomic E-state index is 0.252. The van der Waals surface area contributed by atoms with Crippen LogP contribution in [-0.4, -0.2) is 33.8 Å². The Morgan fingerprint density at radius 1 is 1.00 bits per heavy atom. The molecular formula is C20H24ClNO4. The maximum Gasteiger partial charge on any atom is 0.255 e. The molecule has 0 aliphatic carbocycles. The molecule has 2 aromatic carbocycles. The molecule has 0 aliphatic heterocycles. The van der Waals surface area contributed by atoms with Gasteiger partial charge in [0.1, 0.15) is 5.75 Å². The molecule has 26 heavy (non-hydrogen) atoms. The van der Waals surface area contributed by atoms with Crippen molar-refractivity contribution in [3.05, 3.63) is 52.5 Å². The van der Waals surface area contributed by atoms with Gasteiger partial charge in [-0.3, -0.25) is 4.79 Å². The standard InChI is InChI=1S/C20H24ClNO4/c1-20(2,13-7-6-8-14(21)9-13)12-22-19(23)15-10-17(25-4)18(26-5)11-16(15)24-3/h6-11H,12H2,1-5H3,(H,22,23). The van der Waals surface area contributed by atoms with E-state index < -0.39 is 0 Å². The van der Waals surface area contributed by atoms with Crippen LogP contribution in [0.25, 0.3) is 0 Å². The lowest BCUT2D eigenvalue weighted by Gasteiger charge is -2.26. The molecule has 0 aliphatic rings. The van der Waals surface area contributed by atoms with Crippen molar-refractivity contribution in [2.45, 2.75) is 19.3 Å². The number of hydrogen-bond donors (Lipinski definition) is 1. The lowest BCUT2D eigenvalue weighted by molar-refractivity contribution is 0.0942. The molecule has 5 nitrogen and oxygen atoms in total. The van der Waals surface area contributed by atoms with Gasteiger partial charge in [0.05, 0.1) is 26.9 Å². The van der Waals surface area contributed by atoms with Crippen molar-refractivity contribution in [3.63, 3.8) is 0 Å². The van der Waals surface area contributed by atoms with Crippen LogP contribution in [-0.2, 0) is 5.41 Å². The van der Waals surface area contributed by atoms with Crippen LogP contribution in [0.3, 0.4) is 0 Å². The molecular weight excluding hydrogens is 354 g/mol. The Bertz CT molecular complexity index is 789. The van der Waals surface area contributed by atoms with E-state index in [1.165, 1.54) is 21.3 Å². The smallest absolute Gasteiger partial charge is 0.255 e. The summed E-state index contributed by atoms with van der Waals surface area (Å²) < 4.78 is 15.9. The lowest BCUT2D eigenvalue weighted by Crippen LogP contribution is -2.36. The summed E-state index contributed by atoms with van der Waals surface area (Å²) in [6, 6.07) is 10.9. The Hall–Kier alpha value is -2.40. The molecule has 1 amide bonds. The highest BCUT2D eigenvalue weighted by molar-refractivity contribution is 6.30. The second-order valence-electron chi connectivity index (χ2n) is 6.48. The van der Waals surface area contributed by atoms with Crippen LogP contribution < -0.4 is 19.5 Å². The van der Waals surface area contributed by atoms with E-state index in [0.29, 0.717) is 34.4 Å². The molecule has 0 saturated heterocycles. The van der Waals surface area contributed by atoms with Crippen molar-refractivity contribution < 1.29 is 19.0 Å². The fourth-order valence-corrected chi connectivity index (χ4v) is 2.80. The molecule has 2 rings (SSSR count).